The summed E-state index contributed by atoms with van der Waals surface area (Å²) in [6.07, 6.45) is 3.68. The van der Waals surface area contributed by atoms with Gasteiger partial charge in [0.05, 0.1) is 23.2 Å². The second-order valence-electron chi connectivity index (χ2n) is 8.01. The third-order valence-electron chi connectivity index (χ3n) is 5.36. The molecule has 7 heteroatoms. The molecule has 4 aromatic rings. The lowest BCUT2D eigenvalue weighted by atomic mass is 10.1. The van der Waals surface area contributed by atoms with E-state index in [9.17, 15) is 9.59 Å². The Morgan fingerprint density at radius 2 is 1.69 bits per heavy atom. The minimum Gasteiger partial charge on any atom is -0.490 e. The van der Waals surface area contributed by atoms with E-state index in [1.807, 2.05) is 79.7 Å². The van der Waals surface area contributed by atoms with Crippen LogP contribution in [-0.4, -0.2) is 47.7 Å². The van der Waals surface area contributed by atoms with Crippen LogP contribution in [0.1, 0.15) is 18.3 Å². The summed E-state index contributed by atoms with van der Waals surface area (Å²) < 4.78 is 13.0. The van der Waals surface area contributed by atoms with Gasteiger partial charge in [0.15, 0.2) is 18.1 Å². The van der Waals surface area contributed by atoms with Crippen LogP contribution < -0.4 is 15.0 Å². The van der Waals surface area contributed by atoms with Crippen LogP contribution in [0.3, 0.4) is 0 Å². The summed E-state index contributed by atoms with van der Waals surface area (Å²) in [5.41, 5.74) is 2.07. The van der Waals surface area contributed by atoms with Gasteiger partial charge >= 0.3 is 0 Å². The van der Waals surface area contributed by atoms with Gasteiger partial charge in [-0.25, -0.2) is 4.98 Å². The number of aromatic nitrogens is 2. The van der Waals surface area contributed by atoms with Gasteiger partial charge in [-0.15, -0.1) is 0 Å². The van der Waals surface area contributed by atoms with Gasteiger partial charge in [-0.3, -0.25) is 14.2 Å². The summed E-state index contributed by atoms with van der Waals surface area (Å²) in [5.74, 6) is 1.39. The van der Waals surface area contributed by atoms with Crippen LogP contribution in [0.2, 0.25) is 0 Å². The van der Waals surface area contributed by atoms with Gasteiger partial charge in [-0.2, -0.15) is 0 Å². The molecular weight excluding hydrogens is 442 g/mol. The van der Waals surface area contributed by atoms with Crippen molar-refractivity contribution in [2.45, 2.75) is 6.92 Å². The van der Waals surface area contributed by atoms with Crippen molar-refractivity contribution in [3.8, 4) is 17.2 Å². The molecule has 0 aliphatic heterocycles. The molecule has 0 N–H and O–H groups in total. The predicted octanol–water partition coefficient (Wildman–Crippen LogP) is 4.42. The number of hydrogen-bond donors (Lipinski definition) is 0. The van der Waals surface area contributed by atoms with Crippen molar-refractivity contribution in [3.05, 3.63) is 94.5 Å². The van der Waals surface area contributed by atoms with Gasteiger partial charge in [-0.05, 0) is 55.0 Å². The number of amides is 1. The number of likely N-dealkylation sites (N-methyl/N-ethyl adjacent to an activating group) is 1. The van der Waals surface area contributed by atoms with Crippen molar-refractivity contribution < 1.29 is 14.3 Å². The van der Waals surface area contributed by atoms with E-state index in [2.05, 4.69) is 0 Å². The molecule has 4 rings (SSSR count). The Labute approximate surface area is 203 Å². The van der Waals surface area contributed by atoms with Gasteiger partial charge < -0.3 is 14.4 Å². The smallest absolute Gasteiger partial charge is 0.266 e. The number of rotatable bonds is 8. The lowest BCUT2D eigenvalue weighted by Crippen LogP contribution is -2.27. The molecule has 1 aromatic heterocycles. The second kappa shape index (κ2) is 10.7. The largest absolute Gasteiger partial charge is 0.490 e. The number of fused-ring (bicyclic) bond motifs is 1. The summed E-state index contributed by atoms with van der Waals surface area (Å²) >= 11 is 0. The zero-order valence-corrected chi connectivity index (χ0v) is 20.0. The summed E-state index contributed by atoms with van der Waals surface area (Å²) in [5, 5.41) is 0.556. The molecule has 0 radical (unpaired) electrons. The second-order valence-corrected chi connectivity index (χ2v) is 8.01. The topological polar surface area (TPSA) is 73.7 Å². The molecule has 0 aliphatic rings. The van der Waals surface area contributed by atoms with Crippen LogP contribution >= 0.6 is 0 Å². The molecule has 0 unspecified atom stereocenters. The van der Waals surface area contributed by atoms with Crippen LogP contribution in [0.5, 0.6) is 11.5 Å². The quantitative estimate of drug-likeness (QED) is 0.382. The Balaban J connectivity index is 1.72. The zero-order valence-electron chi connectivity index (χ0n) is 20.0. The maximum absolute atomic E-state index is 13.3. The van der Waals surface area contributed by atoms with Crippen LogP contribution in [0.4, 0.5) is 0 Å². The Hall–Kier alpha value is -4.39. The fraction of sp³-hybridized carbons (Fsp3) is 0.179. The number of nitrogens with zero attached hydrogens (tertiary/aromatic N) is 3. The summed E-state index contributed by atoms with van der Waals surface area (Å²) in [4.78, 5) is 31.5. The minimum atomic E-state index is -0.141. The van der Waals surface area contributed by atoms with Crippen molar-refractivity contribution in [1.29, 1.82) is 0 Å². The Morgan fingerprint density at radius 3 is 2.43 bits per heavy atom. The van der Waals surface area contributed by atoms with Gasteiger partial charge in [-0.1, -0.05) is 42.5 Å². The predicted molar refractivity (Wildman–Crippen MR) is 138 cm³/mol. The number of para-hydroxylation sites is 2. The van der Waals surface area contributed by atoms with Crippen molar-refractivity contribution in [1.82, 2.24) is 14.5 Å². The summed E-state index contributed by atoms with van der Waals surface area (Å²) in [6, 6.07) is 22.2. The SMILES string of the molecule is CCOc1cc(/C=C/c2nc3ccccc3c(=O)n2-c2ccccc2)ccc1OCC(=O)N(C)C. The molecule has 1 heterocycles. The number of carbonyl (C=O) groups excluding carboxylic acids is 1. The first-order valence-corrected chi connectivity index (χ1v) is 11.3. The lowest BCUT2D eigenvalue weighted by molar-refractivity contribution is -0.130. The molecule has 3 aromatic carbocycles. The van der Waals surface area contributed by atoms with Gasteiger partial charge in [0, 0.05) is 14.1 Å². The third kappa shape index (κ3) is 5.41. The van der Waals surface area contributed by atoms with Gasteiger partial charge in [0.25, 0.3) is 11.5 Å². The van der Waals surface area contributed by atoms with E-state index < -0.39 is 0 Å². The van der Waals surface area contributed by atoms with E-state index in [1.54, 1.807) is 30.8 Å². The molecular formula is C28H27N3O4. The van der Waals surface area contributed by atoms with Gasteiger partial charge in [0.2, 0.25) is 0 Å². The highest BCUT2D eigenvalue weighted by atomic mass is 16.5. The molecule has 0 saturated carbocycles. The first-order chi connectivity index (χ1) is 17.0. The van der Waals surface area contributed by atoms with Crippen molar-refractivity contribution in [2.24, 2.45) is 0 Å². The molecule has 0 fully saturated rings. The first-order valence-electron chi connectivity index (χ1n) is 11.3. The third-order valence-corrected chi connectivity index (χ3v) is 5.36. The molecule has 0 saturated heterocycles. The lowest BCUT2D eigenvalue weighted by Gasteiger charge is -2.14. The van der Waals surface area contributed by atoms with Crippen molar-refractivity contribution in [2.75, 3.05) is 27.3 Å². The first kappa shape index (κ1) is 23.8. The minimum absolute atomic E-state index is 0.0768. The molecule has 0 atom stereocenters. The number of hydrogen-bond acceptors (Lipinski definition) is 5. The molecule has 1 amide bonds. The Bertz CT molecular complexity index is 1430. The maximum atomic E-state index is 13.3. The molecule has 35 heavy (non-hydrogen) atoms. The number of ether oxygens (including phenoxy) is 2. The fourth-order valence-corrected chi connectivity index (χ4v) is 3.54. The highest BCUT2D eigenvalue weighted by Crippen LogP contribution is 2.29. The summed E-state index contributed by atoms with van der Waals surface area (Å²) in [6.45, 7) is 2.26. The molecule has 0 bridgehead atoms. The molecule has 0 aliphatic carbocycles. The maximum Gasteiger partial charge on any atom is 0.266 e. The number of benzene rings is 3. The van der Waals surface area contributed by atoms with Crippen molar-refractivity contribution in [3.63, 3.8) is 0 Å². The highest BCUT2D eigenvalue weighted by molar-refractivity contribution is 5.80. The van der Waals surface area contributed by atoms with E-state index in [0.29, 0.717) is 34.8 Å². The standard InChI is InChI=1S/C28H27N3O4/c1-4-34-25-18-20(14-16-24(25)35-19-27(32)30(2)3)15-17-26-29-23-13-9-8-12-22(23)28(33)31(26)21-10-6-5-7-11-21/h5-18H,4,19H2,1-3H3/b17-15+. The zero-order chi connectivity index (χ0) is 24.8. The summed E-state index contributed by atoms with van der Waals surface area (Å²) in [7, 11) is 3.36. The number of carbonyl (C=O) groups is 1. The van der Waals surface area contributed by atoms with E-state index >= 15 is 0 Å². The Kier molecular flexibility index (Phi) is 7.26. The van der Waals surface area contributed by atoms with E-state index in [1.165, 1.54) is 4.90 Å². The average molecular weight is 470 g/mol. The van der Waals surface area contributed by atoms with Crippen molar-refractivity contribution >= 4 is 29.0 Å². The Morgan fingerprint density at radius 1 is 0.943 bits per heavy atom. The van der Waals surface area contributed by atoms with Crippen LogP contribution in [-0.2, 0) is 4.79 Å². The van der Waals surface area contributed by atoms with Crippen LogP contribution in [0.25, 0.3) is 28.7 Å². The van der Waals surface area contributed by atoms with E-state index in [0.717, 1.165) is 11.3 Å². The van der Waals surface area contributed by atoms with Crippen LogP contribution in [0.15, 0.2) is 77.6 Å². The fourth-order valence-electron chi connectivity index (χ4n) is 3.54. The monoisotopic (exact) mass is 469 g/mol. The van der Waals surface area contributed by atoms with E-state index in [-0.39, 0.29) is 18.1 Å². The highest BCUT2D eigenvalue weighted by Gasteiger charge is 2.12. The molecule has 0 spiro atoms. The normalized spacial score (nSPS) is 11.1. The molecule has 7 nitrogen and oxygen atoms in total. The van der Waals surface area contributed by atoms with Crippen LogP contribution in [0, 0.1) is 0 Å². The average Bonchev–Trinajstić information content (AvgIpc) is 2.87. The van der Waals surface area contributed by atoms with Gasteiger partial charge in [0.1, 0.15) is 5.82 Å². The molecule has 178 valence electrons. The van der Waals surface area contributed by atoms with E-state index in [4.69, 9.17) is 14.5 Å².